The number of hydrogen-bond donors (Lipinski definition) is 1. The Morgan fingerprint density at radius 2 is 2.08 bits per heavy atom. The first-order valence-electron chi connectivity index (χ1n) is 3.60. The third kappa shape index (κ3) is 6.21. The van der Waals surface area contributed by atoms with Crippen molar-refractivity contribution in [3.05, 3.63) is 12.2 Å². The molecule has 0 aliphatic heterocycles. The number of ether oxygens (including phenoxy) is 1. The van der Waals surface area contributed by atoms with Crippen LogP contribution >= 0.6 is 12.6 Å². The Bertz CT molecular complexity index is 232. The van der Waals surface area contributed by atoms with Gasteiger partial charge in [0.05, 0.1) is 11.7 Å². The third-order valence-electron chi connectivity index (χ3n) is 1.13. The fraction of sp³-hybridized carbons (Fsp3) is 0.500. The van der Waals surface area contributed by atoms with Gasteiger partial charge in [-0.2, -0.15) is 12.6 Å². The van der Waals surface area contributed by atoms with Crippen molar-refractivity contribution in [2.45, 2.75) is 19.4 Å². The van der Waals surface area contributed by atoms with Gasteiger partial charge in [0.15, 0.2) is 0 Å². The zero-order valence-electron chi connectivity index (χ0n) is 7.44. The van der Waals surface area contributed by atoms with Crippen molar-refractivity contribution in [1.29, 1.82) is 0 Å². The molecule has 74 valence electrons. The van der Waals surface area contributed by atoms with Crippen LogP contribution in [0.2, 0.25) is 0 Å². The standard InChI is InChI=1S/C8H12O4S/c1-8(2,4-3-6(9)10)12-7(11)5-13/h3-4,13H,5H2,1-2H3,(H,9,10)/p-1/b4-3+. The highest BCUT2D eigenvalue weighted by Gasteiger charge is 2.17. The molecule has 0 aliphatic rings. The van der Waals surface area contributed by atoms with Crippen LogP contribution in [0.4, 0.5) is 0 Å². The molecule has 13 heavy (non-hydrogen) atoms. The first-order chi connectivity index (χ1) is 5.87. The van der Waals surface area contributed by atoms with Crippen LogP contribution in [0, 0.1) is 0 Å². The number of thiol groups is 1. The Kier molecular flexibility index (Phi) is 4.55. The summed E-state index contributed by atoms with van der Waals surface area (Å²) in [7, 11) is 0. The van der Waals surface area contributed by atoms with Crippen LogP contribution in [-0.4, -0.2) is 23.3 Å². The second-order valence-electron chi connectivity index (χ2n) is 2.89. The van der Waals surface area contributed by atoms with Crippen molar-refractivity contribution >= 4 is 24.6 Å². The van der Waals surface area contributed by atoms with Gasteiger partial charge in [-0.05, 0) is 26.0 Å². The van der Waals surface area contributed by atoms with E-state index in [2.05, 4.69) is 12.6 Å². The van der Waals surface area contributed by atoms with E-state index in [0.29, 0.717) is 0 Å². The van der Waals surface area contributed by atoms with Crippen molar-refractivity contribution in [3.63, 3.8) is 0 Å². The van der Waals surface area contributed by atoms with Crippen LogP contribution in [-0.2, 0) is 14.3 Å². The monoisotopic (exact) mass is 203 g/mol. The second-order valence-corrected chi connectivity index (χ2v) is 3.20. The Morgan fingerprint density at radius 1 is 1.54 bits per heavy atom. The molecule has 0 aromatic rings. The Labute approximate surface area is 82.0 Å². The summed E-state index contributed by atoms with van der Waals surface area (Å²) in [5.41, 5.74) is -0.945. The lowest BCUT2D eigenvalue weighted by molar-refractivity contribution is -0.297. The van der Waals surface area contributed by atoms with E-state index in [-0.39, 0.29) is 5.75 Å². The number of carboxylic acid groups (broad SMARTS) is 1. The Hall–Kier alpha value is -0.970. The molecule has 0 fully saturated rings. The van der Waals surface area contributed by atoms with E-state index < -0.39 is 17.5 Å². The first-order valence-corrected chi connectivity index (χ1v) is 4.23. The van der Waals surface area contributed by atoms with Gasteiger partial charge in [0.25, 0.3) is 0 Å². The maximum absolute atomic E-state index is 10.8. The minimum atomic E-state index is -1.32. The van der Waals surface area contributed by atoms with Crippen molar-refractivity contribution < 1.29 is 19.4 Å². The topological polar surface area (TPSA) is 66.4 Å². The Balaban J connectivity index is 4.23. The minimum Gasteiger partial charge on any atom is -0.545 e. The quantitative estimate of drug-likeness (QED) is 0.381. The molecule has 0 N–H and O–H groups in total. The zero-order valence-corrected chi connectivity index (χ0v) is 8.34. The first kappa shape index (κ1) is 12.0. The van der Waals surface area contributed by atoms with E-state index in [4.69, 9.17) is 4.74 Å². The predicted molar refractivity (Wildman–Crippen MR) is 48.2 cm³/mol. The summed E-state index contributed by atoms with van der Waals surface area (Å²) in [6, 6.07) is 0. The molecule has 0 atom stereocenters. The van der Waals surface area contributed by atoms with Crippen LogP contribution < -0.4 is 5.11 Å². The maximum atomic E-state index is 10.8. The van der Waals surface area contributed by atoms with E-state index in [1.54, 1.807) is 13.8 Å². The average Bonchev–Trinajstić information content (AvgIpc) is 2.00. The third-order valence-corrected chi connectivity index (χ3v) is 1.38. The van der Waals surface area contributed by atoms with Gasteiger partial charge in [-0.15, -0.1) is 0 Å². The van der Waals surface area contributed by atoms with Crippen molar-refractivity contribution in [3.8, 4) is 0 Å². The summed E-state index contributed by atoms with van der Waals surface area (Å²) >= 11 is 3.71. The van der Waals surface area contributed by atoms with Gasteiger partial charge in [0, 0.05) is 0 Å². The van der Waals surface area contributed by atoms with E-state index in [9.17, 15) is 14.7 Å². The SMILES string of the molecule is CC(C)(/C=C/C(=O)[O-])OC(=O)CS. The number of carbonyl (C=O) groups is 2. The summed E-state index contributed by atoms with van der Waals surface area (Å²) in [4.78, 5) is 20.8. The van der Waals surface area contributed by atoms with Crippen LogP contribution in [0.3, 0.4) is 0 Å². The summed E-state index contributed by atoms with van der Waals surface area (Å²) in [6.45, 7) is 3.13. The van der Waals surface area contributed by atoms with Crippen LogP contribution in [0.1, 0.15) is 13.8 Å². The minimum absolute atomic E-state index is 0.0391. The van der Waals surface area contributed by atoms with Crippen LogP contribution in [0.25, 0.3) is 0 Å². The molecule has 0 rings (SSSR count). The number of carboxylic acids is 1. The molecule has 0 unspecified atom stereocenters. The highest BCUT2D eigenvalue weighted by molar-refractivity contribution is 7.81. The van der Waals surface area contributed by atoms with Gasteiger partial charge in [-0.3, -0.25) is 4.79 Å². The molecule has 0 spiro atoms. The predicted octanol–water partition coefficient (Wildman–Crippen LogP) is -0.456. The summed E-state index contributed by atoms with van der Waals surface area (Å²) in [5, 5.41) is 10.0. The van der Waals surface area contributed by atoms with Crippen molar-refractivity contribution in [1.82, 2.24) is 0 Å². The lowest BCUT2D eigenvalue weighted by Crippen LogP contribution is -2.28. The van der Waals surface area contributed by atoms with Crippen molar-refractivity contribution in [2.75, 3.05) is 5.75 Å². The lowest BCUT2D eigenvalue weighted by Gasteiger charge is -2.20. The highest BCUT2D eigenvalue weighted by atomic mass is 32.1. The van der Waals surface area contributed by atoms with Gasteiger partial charge in [0.1, 0.15) is 5.60 Å². The Morgan fingerprint density at radius 3 is 2.46 bits per heavy atom. The molecule has 0 bridgehead atoms. The molecule has 0 amide bonds. The zero-order chi connectivity index (χ0) is 10.5. The van der Waals surface area contributed by atoms with Gasteiger partial charge in [-0.1, -0.05) is 0 Å². The second kappa shape index (κ2) is 4.91. The smallest absolute Gasteiger partial charge is 0.316 e. The van der Waals surface area contributed by atoms with Gasteiger partial charge in [0.2, 0.25) is 0 Å². The van der Waals surface area contributed by atoms with Crippen molar-refractivity contribution in [2.24, 2.45) is 0 Å². The fourth-order valence-corrected chi connectivity index (χ4v) is 0.693. The number of hydrogen-bond acceptors (Lipinski definition) is 5. The molecule has 0 heterocycles. The molecular formula is C8H11O4S-. The van der Waals surface area contributed by atoms with Crippen LogP contribution in [0.5, 0.6) is 0 Å². The van der Waals surface area contributed by atoms with Crippen LogP contribution in [0.15, 0.2) is 12.2 Å². The molecule has 0 aromatic heterocycles. The molecule has 0 saturated carbocycles. The molecule has 0 radical (unpaired) electrons. The highest BCUT2D eigenvalue weighted by Crippen LogP contribution is 2.11. The number of carbonyl (C=O) groups excluding carboxylic acids is 2. The largest absolute Gasteiger partial charge is 0.545 e. The van der Waals surface area contributed by atoms with E-state index >= 15 is 0 Å². The molecule has 4 nitrogen and oxygen atoms in total. The lowest BCUT2D eigenvalue weighted by atomic mass is 10.1. The number of rotatable bonds is 4. The average molecular weight is 203 g/mol. The van der Waals surface area contributed by atoms with E-state index in [1.165, 1.54) is 6.08 Å². The summed E-state index contributed by atoms with van der Waals surface area (Å²) in [6.07, 6.45) is 2.06. The normalized spacial score (nSPS) is 11.6. The molecule has 0 aliphatic carbocycles. The number of esters is 1. The molecule has 0 aromatic carbocycles. The fourth-order valence-electron chi connectivity index (χ4n) is 0.628. The molecule has 0 saturated heterocycles. The van der Waals surface area contributed by atoms with Gasteiger partial charge < -0.3 is 14.6 Å². The number of aliphatic carboxylic acids is 1. The van der Waals surface area contributed by atoms with E-state index in [0.717, 1.165) is 6.08 Å². The maximum Gasteiger partial charge on any atom is 0.316 e. The van der Waals surface area contributed by atoms with Gasteiger partial charge >= 0.3 is 5.97 Å². The van der Waals surface area contributed by atoms with E-state index in [1.807, 2.05) is 0 Å². The summed E-state index contributed by atoms with van der Waals surface area (Å²) < 4.78 is 4.84. The molecule has 5 heteroatoms. The summed E-state index contributed by atoms with van der Waals surface area (Å²) in [5.74, 6) is -1.87. The van der Waals surface area contributed by atoms with Gasteiger partial charge in [-0.25, -0.2) is 0 Å². The molecular weight excluding hydrogens is 192 g/mol.